The molecule has 2 rings (SSSR count). The fourth-order valence-corrected chi connectivity index (χ4v) is 2.98. The van der Waals surface area contributed by atoms with Gasteiger partial charge in [-0.15, -0.1) is 0 Å². The first-order chi connectivity index (χ1) is 9.20. The highest BCUT2D eigenvalue weighted by molar-refractivity contribution is 9.10. The van der Waals surface area contributed by atoms with E-state index >= 15 is 0 Å². The summed E-state index contributed by atoms with van der Waals surface area (Å²) >= 11 is 3.48. The van der Waals surface area contributed by atoms with E-state index in [0.717, 1.165) is 24.0 Å². The van der Waals surface area contributed by atoms with Crippen molar-refractivity contribution in [3.8, 4) is 0 Å². The van der Waals surface area contributed by atoms with E-state index in [2.05, 4.69) is 33.0 Å². The molecule has 1 fully saturated rings. The number of rotatable bonds is 7. The zero-order valence-corrected chi connectivity index (χ0v) is 12.8. The zero-order valence-electron chi connectivity index (χ0n) is 11.3. The summed E-state index contributed by atoms with van der Waals surface area (Å²) in [5, 5.41) is 9.14. The summed E-state index contributed by atoms with van der Waals surface area (Å²) in [5.41, 5.74) is 7.43. The Morgan fingerprint density at radius 2 is 2.16 bits per heavy atom. The molecule has 1 saturated carbocycles. The summed E-state index contributed by atoms with van der Waals surface area (Å²) in [4.78, 5) is 2.39. The Bertz CT molecular complexity index is 395. The Balaban J connectivity index is 1.85. The third-order valence-corrected chi connectivity index (χ3v) is 4.48. The minimum Gasteiger partial charge on any atom is -0.395 e. The van der Waals surface area contributed by atoms with E-state index in [9.17, 15) is 0 Å². The Morgan fingerprint density at radius 3 is 2.74 bits per heavy atom. The van der Waals surface area contributed by atoms with E-state index in [1.54, 1.807) is 0 Å². The van der Waals surface area contributed by atoms with Gasteiger partial charge in [-0.3, -0.25) is 4.90 Å². The van der Waals surface area contributed by atoms with Crippen LogP contribution >= 0.6 is 15.9 Å². The Morgan fingerprint density at radius 1 is 1.37 bits per heavy atom. The van der Waals surface area contributed by atoms with Crippen LogP contribution in [-0.2, 0) is 0 Å². The van der Waals surface area contributed by atoms with Crippen LogP contribution < -0.4 is 5.73 Å². The molecule has 1 aromatic carbocycles. The summed E-state index contributed by atoms with van der Waals surface area (Å²) in [6.07, 6.45) is 4.80. The van der Waals surface area contributed by atoms with Crippen LogP contribution in [0.4, 0.5) is 0 Å². The highest BCUT2D eigenvalue weighted by atomic mass is 79.9. The Kier molecular flexibility index (Phi) is 5.82. The molecule has 1 aliphatic rings. The van der Waals surface area contributed by atoms with Gasteiger partial charge in [0.25, 0.3) is 0 Å². The molecule has 0 aromatic heterocycles. The maximum Gasteiger partial charge on any atom is 0.0558 e. The lowest BCUT2D eigenvalue weighted by atomic mass is 9.91. The second-order valence-corrected chi connectivity index (χ2v) is 6.21. The highest BCUT2D eigenvalue weighted by Gasteiger charge is 2.24. The molecular formula is C15H23BrN2O. The lowest BCUT2D eigenvalue weighted by Gasteiger charge is -2.37. The SMILES string of the molecule is NC(CCN(CCO)C1CCC1)c1cccc(Br)c1. The van der Waals surface area contributed by atoms with Crippen molar-refractivity contribution < 1.29 is 5.11 Å². The molecule has 0 saturated heterocycles. The number of nitrogens with two attached hydrogens (primary N) is 1. The summed E-state index contributed by atoms with van der Waals surface area (Å²) in [7, 11) is 0. The number of hydrogen-bond donors (Lipinski definition) is 2. The third kappa shape index (κ3) is 4.28. The van der Waals surface area contributed by atoms with Gasteiger partial charge < -0.3 is 10.8 Å². The largest absolute Gasteiger partial charge is 0.395 e. The van der Waals surface area contributed by atoms with Gasteiger partial charge in [0.05, 0.1) is 6.61 Å². The van der Waals surface area contributed by atoms with Crippen LogP contribution in [-0.4, -0.2) is 35.7 Å². The number of hydrogen-bond acceptors (Lipinski definition) is 3. The van der Waals surface area contributed by atoms with Crippen LogP contribution in [0, 0.1) is 0 Å². The first-order valence-electron chi connectivity index (χ1n) is 7.06. The zero-order chi connectivity index (χ0) is 13.7. The predicted molar refractivity (Wildman–Crippen MR) is 82.0 cm³/mol. The molecule has 106 valence electrons. The lowest BCUT2D eigenvalue weighted by molar-refractivity contribution is 0.0982. The molecule has 0 amide bonds. The molecule has 0 heterocycles. The fourth-order valence-electron chi connectivity index (χ4n) is 2.57. The van der Waals surface area contributed by atoms with Gasteiger partial charge in [0, 0.05) is 29.6 Å². The van der Waals surface area contributed by atoms with E-state index in [1.165, 1.54) is 24.8 Å². The smallest absolute Gasteiger partial charge is 0.0558 e. The van der Waals surface area contributed by atoms with Crippen molar-refractivity contribution in [2.45, 2.75) is 37.8 Å². The lowest BCUT2D eigenvalue weighted by Crippen LogP contribution is -2.43. The van der Waals surface area contributed by atoms with Gasteiger partial charge in [-0.1, -0.05) is 34.5 Å². The molecule has 0 radical (unpaired) electrons. The van der Waals surface area contributed by atoms with Gasteiger partial charge in [0.1, 0.15) is 0 Å². The Labute approximate surface area is 123 Å². The van der Waals surface area contributed by atoms with Crippen molar-refractivity contribution >= 4 is 15.9 Å². The second-order valence-electron chi connectivity index (χ2n) is 5.29. The molecule has 19 heavy (non-hydrogen) atoms. The normalized spacial score (nSPS) is 17.5. The van der Waals surface area contributed by atoms with E-state index in [0.29, 0.717) is 6.04 Å². The maximum absolute atomic E-state index is 9.14. The molecule has 1 atom stereocenters. The van der Waals surface area contributed by atoms with Gasteiger partial charge >= 0.3 is 0 Å². The monoisotopic (exact) mass is 326 g/mol. The molecule has 3 N–H and O–H groups in total. The van der Waals surface area contributed by atoms with E-state index in [1.807, 2.05) is 12.1 Å². The molecule has 4 heteroatoms. The minimum atomic E-state index is 0.0683. The fraction of sp³-hybridized carbons (Fsp3) is 0.600. The van der Waals surface area contributed by atoms with Crippen LogP contribution in [0.25, 0.3) is 0 Å². The molecule has 1 aromatic rings. The van der Waals surface area contributed by atoms with Crippen LogP contribution in [0.5, 0.6) is 0 Å². The molecule has 1 aliphatic carbocycles. The van der Waals surface area contributed by atoms with Crippen LogP contribution in [0.15, 0.2) is 28.7 Å². The molecule has 0 aliphatic heterocycles. The maximum atomic E-state index is 9.14. The van der Waals surface area contributed by atoms with Gasteiger partial charge in [-0.2, -0.15) is 0 Å². The van der Waals surface area contributed by atoms with Crippen LogP contribution in [0.2, 0.25) is 0 Å². The predicted octanol–water partition coefficient (Wildman–Crippen LogP) is 2.69. The summed E-state index contributed by atoms with van der Waals surface area (Å²) in [6, 6.07) is 8.94. The minimum absolute atomic E-state index is 0.0683. The van der Waals surface area contributed by atoms with Gasteiger partial charge in [-0.05, 0) is 37.0 Å². The van der Waals surface area contributed by atoms with Gasteiger partial charge in [0.2, 0.25) is 0 Å². The molecule has 3 nitrogen and oxygen atoms in total. The summed E-state index contributed by atoms with van der Waals surface area (Å²) < 4.78 is 1.08. The van der Waals surface area contributed by atoms with Crippen molar-refractivity contribution in [3.63, 3.8) is 0 Å². The summed E-state index contributed by atoms with van der Waals surface area (Å²) in [5.74, 6) is 0. The molecule has 1 unspecified atom stereocenters. The van der Waals surface area contributed by atoms with Crippen molar-refractivity contribution in [1.82, 2.24) is 4.90 Å². The molecular weight excluding hydrogens is 304 g/mol. The van der Waals surface area contributed by atoms with E-state index in [4.69, 9.17) is 10.8 Å². The number of nitrogens with zero attached hydrogens (tertiary/aromatic N) is 1. The number of halogens is 1. The first kappa shape index (κ1) is 15.0. The van der Waals surface area contributed by atoms with E-state index < -0.39 is 0 Å². The Hall–Kier alpha value is -0.420. The second kappa shape index (κ2) is 7.39. The van der Waals surface area contributed by atoms with E-state index in [-0.39, 0.29) is 12.6 Å². The van der Waals surface area contributed by atoms with Crippen LogP contribution in [0.1, 0.15) is 37.3 Å². The van der Waals surface area contributed by atoms with Gasteiger partial charge in [0.15, 0.2) is 0 Å². The van der Waals surface area contributed by atoms with Crippen molar-refractivity contribution in [3.05, 3.63) is 34.3 Å². The standard InChI is InChI=1S/C15H23BrN2O/c16-13-4-1-3-12(11-13)15(17)7-8-18(9-10-19)14-5-2-6-14/h1,3-4,11,14-15,19H,2,5-10,17H2. The third-order valence-electron chi connectivity index (χ3n) is 3.98. The van der Waals surface area contributed by atoms with Crippen LogP contribution in [0.3, 0.4) is 0 Å². The van der Waals surface area contributed by atoms with Crippen molar-refractivity contribution in [2.75, 3.05) is 19.7 Å². The highest BCUT2D eigenvalue weighted by Crippen LogP contribution is 2.26. The average Bonchev–Trinajstić information content (AvgIpc) is 2.33. The first-order valence-corrected chi connectivity index (χ1v) is 7.86. The quantitative estimate of drug-likeness (QED) is 0.809. The van der Waals surface area contributed by atoms with Crippen molar-refractivity contribution in [2.24, 2.45) is 5.73 Å². The number of benzene rings is 1. The average molecular weight is 327 g/mol. The topological polar surface area (TPSA) is 49.5 Å². The molecule has 0 spiro atoms. The molecule has 0 bridgehead atoms. The van der Waals surface area contributed by atoms with Crippen molar-refractivity contribution in [1.29, 1.82) is 0 Å². The number of aliphatic hydroxyl groups is 1. The summed E-state index contributed by atoms with van der Waals surface area (Å²) in [6.45, 7) is 1.98. The van der Waals surface area contributed by atoms with Gasteiger partial charge in [-0.25, -0.2) is 0 Å². The number of aliphatic hydroxyl groups excluding tert-OH is 1.